The lowest BCUT2D eigenvalue weighted by molar-refractivity contribution is -0.139. The molecule has 2 aromatic carbocycles. The highest BCUT2D eigenvalue weighted by atomic mass is 19.4. The molecule has 21 heavy (non-hydrogen) atoms. The summed E-state index contributed by atoms with van der Waals surface area (Å²) < 4.78 is 38.8. The van der Waals surface area contributed by atoms with Crippen molar-refractivity contribution in [1.29, 1.82) is 0 Å². The molecule has 4 heteroatoms. The molecule has 0 saturated carbocycles. The molecule has 0 amide bonds. The molecule has 2 aromatic rings. The van der Waals surface area contributed by atoms with Gasteiger partial charge in [-0.3, -0.25) is 0 Å². The van der Waals surface area contributed by atoms with Gasteiger partial charge in [0.15, 0.2) is 0 Å². The third-order valence-corrected chi connectivity index (χ3v) is 3.49. The Morgan fingerprint density at radius 3 is 2.10 bits per heavy atom. The molecule has 0 heterocycles. The molecule has 0 saturated heterocycles. The Morgan fingerprint density at radius 1 is 0.952 bits per heavy atom. The molecule has 1 N–H and O–H groups in total. The molecule has 112 valence electrons. The van der Waals surface area contributed by atoms with Gasteiger partial charge in [0.2, 0.25) is 0 Å². The van der Waals surface area contributed by atoms with E-state index < -0.39 is 17.8 Å². The lowest BCUT2D eigenvalue weighted by atomic mass is 9.96. The lowest BCUT2D eigenvalue weighted by Gasteiger charge is -2.17. The Balaban J connectivity index is 2.22. The van der Waals surface area contributed by atoms with Gasteiger partial charge in [-0.15, -0.1) is 0 Å². The highest BCUT2D eigenvalue weighted by Crippen LogP contribution is 2.35. The predicted octanol–water partition coefficient (Wildman–Crippen LogP) is 4.54. The number of alkyl halides is 3. The van der Waals surface area contributed by atoms with Crippen LogP contribution in [0.2, 0.25) is 0 Å². The molecule has 0 aliphatic heterocycles. The first kappa shape index (κ1) is 15.6. The first-order chi connectivity index (χ1) is 9.91. The smallest absolute Gasteiger partial charge is 0.388 e. The summed E-state index contributed by atoms with van der Waals surface area (Å²) in [4.78, 5) is 0. The Labute approximate surface area is 122 Å². The van der Waals surface area contributed by atoms with Crippen molar-refractivity contribution in [1.82, 2.24) is 0 Å². The van der Waals surface area contributed by atoms with Gasteiger partial charge in [-0.05, 0) is 29.2 Å². The largest absolute Gasteiger partial charge is 0.416 e. The van der Waals surface area contributed by atoms with Crippen molar-refractivity contribution in [2.45, 2.75) is 32.0 Å². The van der Waals surface area contributed by atoms with Crippen molar-refractivity contribution in [3.63, 3.8) is 0 Å². The van der Waals surface area contributed by atoms with E-state index in [1.807, 2.05) is 31.2 Å². The van der Waals surface area contributed by atoms with E-state index in [0.29, 0.717) is 0 Å². The number of hydrogen-bond acceptors (Lipinski definition) is 1. The van der Waals surface area contributed by atoms with Crippen LogP contribution in [0, 0.1) is 0 Å². The van der Waals surface area contributed by atoms with E-state index in [-0.39, 0.29) is 12.0 Å². The van der Waals surface area contributed by atoms with Crippen LogP contribution in [-0.2, 0) is 19.0 Å². The third kappa shape index (κ3) is 3.85. The fourth-order valence-electron chi connectivity index (χ4n) is 2.29. The van der Waals surface area contributed by atoms with Crippen molar-refractivity contribution >= 4 is 0 Å². The van der Waals surface area contributed by atoms with Gasteiger partial charge in [-0.1, -0.05) is 49.4 Å². The number of aryl methyl sites for hydroxylation is 1. The third-order valence-electron chi connectivity index (χ3n) is 3.49. The molecule has 1 atom stereocenters. The second kappa shape index (κ2) is 6.31. The maximum atomic E-state index is 12.9. The summed E-state index contributed by atoms with van der Waals surface area (Å²) in [5.74, 6) is 0. The quantitative estimate of drug-likeness (QED) is 0.877. The minimum atomic E-state index is -4.45. The first-order valence-electron chi connectivity index (χ1n) is 6.84. The van der Waals surface area contributed by atoms with Crippen LogP contribution >= 0.6 is 0 Å². The zero-order valence-corrected chi connectivity index (χ0v) is 11.7. The summed E-state index contributed by atoms with van der Waals surface area (Å²) in [6.45, 7) is 2.03. The number of benzene rings is 2. The van der Waals surface area contributed by atoms with Crippen LogP contribution in [0.15, 0.2) is 48.5 Å². The molecular weight excluding hydrogens is 277 g/mol. The van der Waals surface area contributed by atoms with Crippen LogP contribution in [0.3, 0.4) is 0 Å². The molecule has 0 spiro atoms. The van der Waals surface area contributed by atoms with E-state index in [1.165, 1.54) is 18.2 Å². The maximum Gasteiger partial charge on any atom is 0.416 e. The summed E-state index contributed by atoms with van der Waals surface area (Å²) in [6, 6.07) is 12.7. The monoisotopic (exact) mass is 294 g/mol. The first-order valence-corrected chi connectivity index (χ1v) is 6.84. The normalized spacial score (nSPS) is 13.2. The maximum absolute atomic E-state index is 12.9. The lowest BCUT2D eigenvalue weighted by Crippen LogP contribution is -2.13. The molecule has 0 radical (unpaired) electrons. The fourth-order valence-corrected chi connectivity index (χ4v) is 2.29. The van der Waals surface area contributed by atoms with Gasteiger partial charge in [0.25, 0.3) is 0 Å². The summed E-state index contributed by atoms with van der Waals surface area (Å²) in [5, 5.41) is 10.1. The van der Waals surface area contributed by atoms with Gasteiger partial charge >= 0.3 is 6.18 Å². The predicted molar refractivity (Wildman–Crippen MR) is 75.9 cm³/mol. The standard InChI is InChI=1S/C17H17F3O/c1-2-12-7-9-13(10-8-12)11-16(21)14-5-3-4-6-15(14)17(18,19)20/h3-10,16,21H,2,11H2,1H3. The van der Waals surface area contributed by atoms with E-state index in [2.05, 4.69) is 0 Å². The summed E-state index contributed by atoms with van der Waals surface area (Å²) in [6.07, 6.45) is -4.56. The second-order valence-corrected chi connectivity index (χ2v) is 4.97. The fraction of sp³-hybridized carbons (Fsp3) is 0.294. The van der Waals surface area contributed by atoms with E-state index >= 15 is 0 Å². The average molecular weight is 294 g/mol. The minimum absolute atomic E-state index is 0.0791. The van der Waals surface area contributed by atoms with Crippen LogP contribution < -0.4 is 0 Å². The Kier molecular flexibility index (Phi) is 4.68. The minimum Gasteiger partial charge on any atom is -0.388 e. The van der Waals surface area contributed by atoms with Crippen LogP contribution in [0.25, 0.3) is 0 Å². The average Bonchev–Trinajstić information content (AvgIpc) is 2.47. The van der Waals surface area contributed by atoms with Gasteiger partial charge in [-0.25, -0.2) is 0 Å². The number of halogens is 3. The van der Waals surface area contributed by atoms with E-state index in [4.69, 9.17) is 0 Å². The van der Waals surface area contributed by atoms with Crippen molar-refractivity contribution in [3.8, 4) is 0 Å². The molecule has 0 aromatic heterocycles. The molecular formula is C17H17F3O. The van der Waals surface area contributed by atoms with E-state index in [0.717, 1.165) is 23.6 Å². The molecule has 1 nitrogen and oxygen atoms in total. The van der Waals surface area contributed by atoms with Crippen LogP contribution in [0.4, 0.5) is 13.2 Å². The van der Waals surface area contributed by atoms with Gasteiger partial charge in [0.05, 0.1) is 11.7 Å². The van der Waals surface area contributed by atoms with Crippen molar-refractivity contribution in [3.05, 3.63) is 70.8 Å². The molecule has 0 bridgehead atoms. The van der Waals surface area contributed by atoms with Gasteiger partial charge in [0.1, 0.15) is 0 Å². The van der Waals surface area contributed by atoms with E-state index in [9.17, 15) is 18.3 Å². The van der Waals surface area contributed by atoms with Crippen molar-refractivity contribution < 1.29 is 18.3 Å². The number of aliphatic hydroxyl groups is 1. The van der Waals surface area contributed by atoms with E-state index in [1.54, 1.807) is 0 Å². The number of aliphatic hydroxyl groups excluding tert-OH is 1. The molecule has 2 rings (SSSR count). The van der Waals surface area contributed by atoms with Crippen molar-refractivity contribution in [2.75, 3.05) is 0 Å². The molecule has 0 aliphatic rings. The SMILES string of the molecule is CCc1ccc(CC(O)c2ccccc2C(F)(F)F)cc1. The van der Waals surface area contributed by atoms with Crippen LogP contribution in [-0.4, -0.2) is 5.11 Å². The second-order valence-electron chi connectivity index (χ2n) is 4.97. The highest BCUT2D eigenvalue weighted by molar-refractivity contribution is 5.33. The van der Waals surface area contributed by atoms with Gasteiger partial charge in [-0.2, -0.15) is 13.2 Å². The van der Waals surface area contributed by atoms with Crippen LogP contribution in [0.5, 0.6) is 0 Å². The number of hydrogen-bond donors (Lipinski definition) is 1. The molecule has 1 unspecified atom stereocenters. The van der Waals surface area contributed by atoms with Gasteiger partial charge < -0.3 is 5.11 Å². The summed E-state index contributed by atoms with van der Waals surface area (Å²) in [7, 11) is 0. The topological polar surface area (TPSA) is 20.2 Å². The van der Waals surface area contributed by atoms with Gasteiger partial charge in [0, 0.05) is 6.42 Å². The zero-order valence-electron chi connectivity index (χ0n) is 11.7. The summed E-state index contributed by atoms with van der Waals surface area (Å²) >= 11 is 0. The molecule has 0 fully saturated rings. The number of rotatable bonds is 4. The Bertz CT molecular complexity index is 588. The van der Waals surface area contributed by atoms with Crippen LogP contribution in [0.1, 0.15) is 35.3 Å². The molecule has 0 aliphatic carbocycles. The summed E-state index contributed by atoms with van der Waals surface area (Å²) in [5.41, 5.74) is 1.12. The highest BCUT2D eigenvalue weighted by Gasteiger charge is 2.34. The van der Waals surface area contributed by atoms with Crippen molar-refractivity contribution in [2.24, 2.45) is 0 Å². The Morgan fingerprint density at radius 2 is 1.52 bits per heavy atom. The Hall–Kier alpha value is -1.81. The zero-order chi connectivity index (χ0) is 15.5.